The molecule has 14 heteroatoms. The van der Waals surface area contributed by atoms with Crippen molar-refractivity contribution in [2.75, 3.05) is 32.8 Å². The molecule has 1 aromatic heterocycles. The number of ether oxygens (including phenoxy) is 1. The summed E-state index contributed by atoms with van der Waals surface area (Å²) in [5, 5.41) is 14.9. The van der Waals surface area contributed by atoms with Crippen molar-refractivity contribution in [2.45, 2.75) is 51.6 Å². The van der Waals surface area contributed by atoms with Crippen LogP contribution in [0.1, 0.15) is 42.9 Å². The highest BCUT2D eigenvalue weighted by atomic mass is 32.1. The second-order valence-electron chi connectivity index (χ2n) is 11.5. The molecule has 3 aliphatic rings. The SMILES string of the molecule is CCOC(=O)C1=C(CN2C[C@@H](F)[C@@]3(F)C(=O)N(CC(C)(C)C(=O)O)C[C@@H]23)NC(c2nccs2)=N[C@H]1c1cccc(F)c1C. The van der Waals surface area contributed by atoms with E-state index in [4.69, 9.17) is 9.73 Å². The maximum atomic E-state index is 16.3. The minimum atomic E-state index is -2.89. The smallest absolute Gasteiger partial charge is 0.338 e. The van der Waals surface area contributed by atoms with Gasteiger partial charge in [0, 0.05) is 43.5 Å². The predicted octanol–water partition coefficient (Wildman–Crippen LogP) is 3.18. The summed E-state index contributed by atoms with van der Waals surface area (Å²) >= 11 is 1.27. The zero-order valence-electron chi connectivity index (χ0n) is 24.1. The number of hydrogen-bond donors (Lipinski definition) is 2. The fraction of sp³-hybridized carbons (Fsp3) is 0.483. The summed E-state index contributed by atoms with van der Waals surface area (Å²) < 4.78 is 51.8. The standard InChI is InChI=1S/C29H32F3N5O5S/c1-5-42-25(38)21-18(34-23(24-33-9-10-43-24)35-22(21)16-7-6-8-17(30)15(16)2)11-36-12-19(31)29(32)20(36)13-37(26(29)39)14-28(3,4)27(40)41/h6-10,19-20,22H,5,11-14H2,1-4H3,(H,34,35)(H,40,41)/t19-,20-,22+,29+/m1/s1. The van der Waals surface area contributed by atoms with E-state index in [2.05, 4.69) is 10.3 Å². The Morgan fingerprint density at radius 1 is 1.30 bits per heavy atom. The molecule has 0 aliphatic carbocycles. The molecule has 43 heavy (non-hydrogen) atoms. The zero-order valence-corrected chi connectivity index (χ0v) is 24.9. The third kappa shape index (κ3) is 5.30. The second-order valence-corrected chi connectivity index (χ2v) is 12.4. The van der Waals surface area contributed by atoms with Gasteiger partial charge in [0.15, 0.2) is 17.0 Å². The first-order valence-electron chi connectivity index (χ1n) is 13.8. The van der Waals surface area contributed by atoms with E-state index in [0.717, 1.165) is 4.90 Å². The van der Waals surface area contributed by atoms with Crippen molar-refractivity contribution >= 4 is 35.0 Å². The number of aromatic nitrogens is 1. The number of nitrogens with zero attached hydrogens (tertiary/aromatic N) is 4. The number of alkyl halides is 2. The van der Waals surface area contributed by atoms with Crippen molar-refractivity contribution in [1.82, 2.24) is 20.1 Å². The molecule has 2 aromatic rings. The molecule has 0 saturated carbocycles. The van der Waals surface area contributed by atoms with Gasteiger partial charge in [0.05, 0.1) is 23.6 Å². The Balaban J connectivity index is 1.56. The van der Waals surface area contributed by atoms with Crippen molar-refractivity contribution in [3.63, 3.8) is 0 Å². The number of thiazole rings is 1. The van der Waals surface area contributed by atoms with Crippen molar-refractivity contribution in [1.29, 1.82) is 0 Å². The Bertz CT molecular complexity index is 1510. The fourth-order valence-electron chi connectivity index (χ4n) is 5.82. The second kappa shape index (κ2) is 11.4. The number of amides is 1. The van der Waals surface area contributed by atoms with Gasteiger partial charge >= 0.3 is 11.9 Å². The summed E-state index contributed by atoms with van der Waals surface area (Å²) in [6.45, 7) is 4.84. The average Bonchev–Trinajstić information content (AvgIpc) is 3.63. The number of aliphatic carboxylic acids is 1. The van der Waals surface area contributed by atoms with E-state index < -0.39 is 59.5 Å². The summed E-state index contributed by atoms with van der Waals surface area (Å²) in [5.74, 6) is -3.24. The van der Waals surface area contributed by atoms with Crippen LogP contribution < -0.4 is 5.32 Å². The Kier molecular flexibility index (Phi) is 8.11. The van der Waals surface area contributed by atoms with Crippen LogP contribution in [0.4, 0.5) is 13.2 Å². The minimum absolute atomic E-state index is 0.0306. The normalized spacial score (nSPS) is 25.9. The van der Waals surface area contributed by atoms with E-state index in [-0.39, 0.29) is 48.9 Å². The molecule has 2 N–H and O–H groups in total. The van der Waals surface area contributed by atoms with Gasteiger partial charge in [-0.05, 0) is 44.9 Å². The number of carboxylic acid groups (broad SMARTS) is 1. The lowest BCUT2D eigenvalue weighted by Gasteiger charge is -2.32. The molecule has 2 saturated heterocycles. The maximum absolute atomic E-state index is 16.3. The van der Waals surface area contributed by atoms with Crippen LogP contribution in [0.3, 0.4) is 0 Å². The molecule has 0 unspecified atom stereocenters. The van der Waals surface area contributed by atoms with Crippen molar-refractivity contribution in [3.05, 3.63) is 63.0 Å². The predicted molar refractivity (Wildman–Crippen MR) is 151 cm³/mol. The van der Waals surface area contributed by atoms with Gasteiger partial charge in [0.25, 0.3) is 5.91 Å². The highest BCUT2D eigenvalue weighted by Crippen LogP contribution is 2.44. The van der Waals surface area contributed by atoms with Gasteiger partial charge in [0.2, 0.25) is 5.67 Å². The first-order valence-corrected chi connectivity index (χ1v) is 14.7. The van der Waals surface area contributed by atoms with Crippen LogP contribution >= 0.6 is 11.3 Å². The summed E-state index contributed by atoms with van der Waals surface area (Å²) in [4.78, 5) is 49.8. The number of carbonyl (C=O) groups is 3. The Morgan fingerprint density at radius 2 is 2.05 bits per heavy atom. The topological polar surface area (TPSA) is 124 Å². The first-order chi connectivity index (χ1) is 20.3. The number of esters is 1. The number of halogens is 3. The molecule has 0 bridgehead atoms. The van der Waals surface area contributed by atoms with Crippen LogP contribution in [-0.2, 0) is 19.1 Å². The lowest BCUT2D eigenvalue weighted by molar-refractivity contribution is -0.150. The number of fused-ring (bicyclic) bond motifs is 1. The summed E-state index contributed by atoms with van der Waals surface area (Å²) in [5.41, 5.74) is -3.35. The largest absolute Gasteiger partial charge is 0.481 e. The van der Waals surface area contributed by atoms with Gasteiger partial charge in [0.1, 0.15) is 11.9 Å². The van der Waals surface area contributed by atoms with Gasteiger partial charge in [-0.2, -0.15) is 0 Å². The third-order valence-corrected chi connectivity index (χ3v) is 8.95. The molecule has 2 fully saturated rings. The molecule has 0 spiro atoms. The molecular weight excluding hydrogens is 587 g/mol. The number of carboxylic acids is 1. The van der Waals surface area contributed by atoms with Gasteiger partial charge in [-0.3, -0.25) is 19.5 Å². The van der Waals surface area contributed by atoms with Gasteiger partial charge in [-0.15, -0.1) is 11.3 Å². The van der Waals surface area contributed by atoms with E-state index in [9.17, 15) is 23.9 Å². The van der Waals surface area contributed by atoms with Crippen LogP contribution in [0.5, 0.6) is 0 Å². The zero-order chi connectivity index (χ0) is 31.3. The Morgan fingerprint density at radius 3 is 2.70 bits per heavy atom. The quantitative estimate of drug-likeness (QED) is 0.411. The number of rotatable bonds is 9. The average molecular weight is 620 g/mol. The van der Waals surface area contributed by atoms with Crippen LogP contribution in [0.25, 0.3) is 0 Å². The molecule has 230 valence electrons. The molecule has 5 rings (SSSR count). The molecule has 1 aromatic carbocycles. The molecule has 3 aliphatic heterocycles. The molecular formula is C29H32F3N5O5S. The number of carbonyl (C=O) groups excluding carboxylic acids is 2. The number of benzene rings is 1. The summed E-state index contributed by atoms with van der Waals surface area (Å²) in [6, 6.07) is 2.16. The highest BCUT2D eigenvalue weighted by molar-refractivity contribution is 7.11. The minimum Gasteiger partial charge on any atom is -0.481 e. The Labute approximate surface area is 250 Å². The van der Waals surface area contributed by atoms with E-state index in [1.165, 1.54) is 42.2 Å². The molecule has 4 heterocycles. The monoisotopic (exact) mass is 619 g/mol. The molecule has 4 atom stereocenters. The van der Waals surface area contributed by atoms with Crippen molar-refractivity contribution in [3.8, 4) is 0 Å². The fourth-order valence-corrected chi connectivity index (χ4v) is 6.41. The highest BCUT2D eigenvalue weighted by Gasteiger charge is 2.67. The van der Waals surface area contributed by atoms with E-state index in [1.54, 1.807) is 31.5 Å². The van der Waals surface area contributed by atoms with Gasteiger partial charge in [-0.1, -0.05) is 12.1 Å². The number of likely N-dealkylation sites (tertiary alicyclic amines) is 2. The van der Waals surface area contributed by atoms with Crippen LogP contribution in [-0.4, -0.2) is 94.2 Å². The molecule has 10 nitrogen and oxygen atoms in total. The maximum Gasteiger partial charge on any atom is 0.338 e. The van der Waals surface area contributed by atoms with Gasteiger partial charge in [-0.25, -0.2) is 22.9 Å². The van der Waals surface area contributed by atoms with Crippen molar-refractivity contribution < 1.29 is 37.4 Å². The number of amidine groups is 1. The molecule has 0 radical (unpaired) electrons. The number of aliphatic imine (C=N–C) groups is 1. The van der Waals surface area contributed by atoms with Crippen LogP contribution in [0.2, 0.25) is 0 Å². The lowest BCUT2D eigenvalue weighted by Crippen LogP contribution is -2.48. The first kappa shape index (κ1) is 30.7. The van der Waals surface area contributed by atoms with E-state index in [0.29, 0.717) is 10.6 Å². The number of nitrogens with one attached hydrogen (secondary N) is 1. The summed E-state index contributed by atoms with van der Waals surface area (Å²) in [7, 11) is 0. The van der Waals surface area contributed by atoms with Crippen LogP contribution in [0.15, 0.2) is 46.0 Å². The Hall–Kier alpha value is -3.78. The summed E-state index contributed by atoms with van der Waals surface area (Å²) in [6.07, 6.45) is -0.619. The van der Waals surface area contributed by atoms with E-state index in [1.807, 2.05) is 0 Å². The van der Waals surface area contributed by atoms with Crippen LogP contribution in [0, 0.1) is 18.2 Å². The third-order valence-electron chi connectivity index (χ3n) is 8.17. The van der Waals surface area contributed by atoms with Crippen molar-refractivity contribution in [2.24, 2.45) is 10.4 Å². The lowest BCUT2D eigenvalue weighted by atomic mass is 9.92. The number of hydrogen-bond acceptors (Lipinski definition) is 9. The van der Waals surface area contributed by atoms with Gasteiger partial charge < -0.3 is 20.1 Å². The molecule has 1 amide bonds. The van der Waals surface area contributed by atoms with E-state index >= 15 is 8.78 Å².